The third-order valence-corrected chi connectivity index (χ3v) is 5.52. The first-order valence-electron chi connectivity index (χ1n) is 7.12. The summed E-state index contributed by atoms with van der Waals surface area (Å²) in [6.07, 6.45) is 1.65. The predicted molar refractivity (Wildman–Crippen MR) is 94.9 cm³/mol. The van der Waals surface area contributed by atoms with E-state index in [2.05, 4.69) is 47.4 Å². The minimum Gasteiger partial charge on any atom is -0.384 e. The van der Waals surface area contributed by atoms with Gasteiger partial charge in [0.05, 0.1) is 12.0 Å². The van der Waals surface area contributed by atoms with Crippen LogP contribution in [0.1, 0.15) is 11.1 Å². The summed E-state index contributed by atoms with van der Waals surface area (Å²) in [6, 6.07) is 6.60. The molecule has 0 fully saturated rings. The molecule has 0 spiro atoms. The monoisotopic (exact) mass is 330 g/mol. The van der Waals surface area contributed by atoms with E-state index < -0.39 is 0 Å². The van der Waals surface area contributed by atoms with Crippen molar-refractivity contribution in [2.75, 3.05) is 19.5 Å². The number of aryl methyl sites for hydroxylation is 2. The van der Waals surface area contributed by atoms with Crippen molar-refractivity contribution in [1.29, 1.82) is 0 Å². The van der Waals surface area contributed by atoms with Crippen LogP contribution in [-0.2, 0) is 4.74 Å². The van der Waals surface area contributed by atoms with E-state index in [0.717, 1.165) is 27.6 Å². The highest BCUT2D eigenvalue weighted by Gasteiger charge is 2.13. The molecule has 0 saturated heterocycles. The number of hydrogen-bond donors (Lipinski definition) is 0. The van der Waals surface area contributed by atoms with Crippen LogP contribution in [0.5, 0.6) is 0 Å². The van der Waals surface area contributed by atoms with Crippen molar-refractivity contribution >= 4 is 33.3 Å². The largest absolute Gasteiger partial charge is 0.384 e. The Balaban J connectivity index is 2.07. The van der Waals surface area contributed by atoms with E-state index in [-0.39, 0.29) is 0 Å². The number of ether oxygens (including phenoxy) is 1. The number of benzene rings is 1. The van der Waals surface area contributed by atoms with Crippen LogP contribution < -0.4 is 0 Å². The first kappa shape index (κ1) is 15.5. The Hall–Kier alpha value is -1.43. The molecule has 0 aliphatic heterocycles. The Bertz CT molecular complexity index is 798. The van der Waals surface area contributed by atoms with Gasteiger partial charge < -0.3 is 4.74 Å². The first-order chi connectivity index (χ1) is 10.7. The number of fused-ring (bicyclic) bond motifs is 1. The van der Waals surface area contributed by atoms with Crippen molar-refractivity contribution in [2.24, 2.45) is 0 Å². The van der Waals surface area contributed by atoms with E-state index in [1.165, 1.54) is 22.3 Å². The summed E-state index contributed by atoms with van der Waals surface area (Å²) in [6.45, 7) is 5.01. The summed E-state index contributed by atoms with van der Waals surface area (Å²) in [4.78, 5) is 9.94. The van der Waals surface area contributed by atoms with Gasteiger partial charge >= 0.3 is 0 Å². The Kier molecular flexibility index (Phi) is 4.76. The normalized spacial score (nSPS) is 11.2. The van der Waals surface area contributed by atoms with Crippen LogP contribution in [-0.4, -0.2) is 29.4 Å². The Morgan fingerprint density at radius 3 is 2.82 bits per heavy atom. The molecule has 0 N–H and O–H groups in total. The zero-order valence-corrected chi connectivity index (χ0v) is 14.6. The summed E-state index contributed by atoms with van der Waals surface area (Å²) in [7, 11) is 1.72. The maximum absolute atomic E-state index is 5.14. The molecule has 0 radical (unpaired) electrons. The molecule has 2 heterocycles. The lowest BCUT2D eigenvalue weighted by molar-refractivity contribution is 0.218. The second-order valence-corrected chi connectivity index (χ2v) is 7.09. The molecule has 1 aromatic carbocycles. The number of nitrogens with zero attached hydrogens (tertiary/aromatic N) is 2. The second-order valence-electron chi connectivity index (χ2n) is 5.15. The Morgan fingerprint density at radius 2 is 2.05 bits per heavy atom. The SMILES string of the molecule is COCCSc1ncnc2scc(-c3ccc(C)c(C)c3)c12. The van der Waals surface area contributed by atoms with Gasteiger partial charge in [-0.2, -0.15) is 0 Å². The zero-order chi connectivity index (χ0) is 15.5. The summed E-state index contributed by atoms with van der Waals surface area (Å²) >= 11 is 3.40. The van der Waals surface area contributed by atoms with Crippen molar-refractivity contribution in [2.45, 2.75) is 18.9 Å². The molecule has 0 saturated carbocycles. The van der Waals surface area contributed by atoms with Crippen molar-refractivity contribution in [3.8, 4) is 11.1 Å². The molecule has 3 rings (SSSR count). The van der Waals surface area contributed by atoms with Gasteiger partial charge in [0.1, 0.15) is 16.2 Å². The zero-order valence-electron chi connectivity index (χ0n) is 12.9. The molecular weight excluding hydrogens is 312 g/mol. The van der Waals surface area contributed by atoms with Crippen LogP contribution in [0.4, 0.5) is 0 Å². The summed E-state index contributed by atoms with van der Waals surface area (Å²) in [5.74, 6) is 0.894. The van der Waals surface area contributed by atoms with E-state index >= 15 is 0 Å². The molecule has 114 valence electrons. The van der Waals surface area contributed by atoms with Crippen LogP contribution in [0, 0.1) is 13.8 Å². The molecule has 22 heavy (non-hydrogen) atoms. The first-order valence-corrected chi connectivity index (χ1v) is 8.99. The van der Waals surface area contributed by atoms with Gasteiger partial charge in [-0.3, -0.25) is 0 Å². The average molecular weight is 330 g/mol. The van der Waals surface area contributed by atoms with Gasteiger partial charge in [-0.1, -0.05) is 18.2 Å². The minimum atomic E-state index is 0.722. The lowest BCUT2D eigenvalue weighted by Crippen LogP contribution is -1.93. The average Bonchev–Trinajstić information content (AvgIpc) is 2.95. The molecule has 0 aliphatic carbocycles. The number of aromatic nitrogens is 2. The molecule has 3 aromatic rings. The topological polar surface area (TPSA) is 35.0 Å². The molecule has 2 aromatic heterocycles. The number of thiophene rings is 1. The fourth-order valence-electron chi connectivity index (χ4n) is 2.30. The molecule has 5 heteroatoms. The summed E-state index contributed by atoms with van der Waals surface area (Å²) < 4.78 is 5.14. The van der Waals surface area contributed by atoms with Gasteiger partial charge in [0, 0.05) is 23.8 Å². The van der Waals surface area contributed by atoms with Crippen molar-refractivity contribution in [1.82, 2.24) is 9.97 Å². The van der Waals surface area contributed by atoms with Gasteiger partial charge in [-0.25, -0.2) is 9.97 Å². The van der Waals surface area contributed by atoms with Gasteiger partial charge in [-0.05, 0) is 30.5 Å². The molecule has 0 aliphatic rings. The van der Waals surface area contributed by atoms with Gasteiger partial charge in [0.2, 0.25) is 0 Å². The third-order valence-electron chi connectivity index (χ3n) is 3.68. The van der Waals surface area contributed by atoms with E-state index in [1.807, 2.05) is 0 Å². The smallest absolute Gasteiger partial charge is 0.128 e. The fraction of sp³-hybridized carbons (Fsp3) is 0.294. The van der Waals surface area contributed by atoms with Gasteiger partial charge in [0.25, 0.3) is 0 Å². The lowest BCUT2D eigenvalue weighted by Gasteiger charge is -2.07. The highest BCUT2D eigenvalue weighted by Crippen LogP contribution is 2.38. The standard InChI is InChI=1S/C17H18N2OS2/c1-11-4-5-13(8-12(11)2)14-9-22-17-15(14)16(18-10-19-17)21-7-6-20-3/h4-5,8-10H,6-7H2,1-3H3. The maximum atomic E-state index is 5.14. The summed E-state index contributed by atoms with van der Waals surface area (Å²) in [5.41, 5.74) is 5.08. The van der Waals surface area contributed by atoms with Crippen LogP contribution in [0.2, 0.25) is 0 Å². The molecule has 0 bridgehead atoms. The predicted octanol–water partition coefficient (Wildman–Crippen LogP) is 4.71. The number of methoxy groups -OCH3 is 1. The van der Waals surface area contributed by atoms with E-state index in [1.54, 1.807) is 36.5 Å². The van der Waals surface area contributed by atoms with Crippen LogP contribution in [0.25, 0.3) is 21.3 Å². The van der Waals surface area contributed by atoms with E-state index in [4.69, 9.17) is 4.74 Å². The minimum absolute atomic E-state index is 0.722. The van der Waals surface area contributed by atoms with Gasteiger partial charge in [-0.15, -0.1) is 23.1 Å². The van der Waals surface area contributed by atoms with E-state index in [0.29, 0.717) is 0 Å². The summed E-state index contributed by atoms with van der Waals surface area (Å²) in [5, 5.41) is 4.39. The molecule has 0 atom stereocenters. The number of rotatable bonds is 5. The molecule has 3 nitrogen and oxygen atoms in total. The fourth-order valence-corrected chi connectivity index (χ4v) is 4.20. The second kappa shape index (κ2) is 6.77. The lowest BCUT2D eigenvalue weighted by atomic mass is 10.0. The highest BCUT2D eigenvalue weighted by atomic mass is 32.2. The third kappa shape index (κ3) is 3.02. The number of thioether (sulfide) groups is 1. The van der Waals surface area contributed by atoms with Crippen molar-refractivity contribution in [3.63, 3.8) is 0 Å². The van der Waals surface area contributed by atoms with Crippen LogP contribution >= 0.6 is 23.1 Å². The van der Waals surface area contributed by atoms with Crippen LogP contribution in [0.3, 0.4) is 0 Å². The Morgan fingerprint density at radius 1 is 1.18 bits per heavy atom. The number of hydrogen-bond acceptors (Lipinski definition) is 5. The van der Waals surface area contributed by atoms with Crippen molar-refractivity contribution in [3.05, 3.63) is 41.0 Å². The quantitative estimate of drug-likeness (QED) is 0.385. The molecular formula is C17H18N2OS2. The van der Waals surface area contributed by atoms with Gasteiger partial charge in [0.15, 0.2) is 0 Å². The molecule has 0 unspecified atom stereocenters. The maximum Gasteiger partial charge on any atom is 0.128 e. The van der Waals surface area contributed by atoms with E-state index in [9.17, 15) is 0 Å². The highest BCUT2D eigenvalue weighted by molar-refractivity contribution is 7.99. The molecule has 0 amide bonds. The van der Waals surface area contributed by atoms with Crippen LogP contribution in [0.15, 0.2) is 34.9 Å². The van der Waals surface area contributed by atoms with Crippen molar-refractivity contribution < 1.29 is 4.74 Å². The Labute approximate surface area is 138 Å².